The maximum atomic E-state index is 12.9. The fourth-order valence-electron chi connectivity index (χ4n) is 2.20. The molecule has 2 N–H and O–H groups in total. The van der Waals surface area contributed by atoms with Crippen LogP contribution in [0.5, 0.6) is 0 Å². The third-order valence-corrected chi connectivity index (χ3v) is 3.28. The monoisotopic (exact) mass is 260 g/mol. The van der Waals surface area contributed by atoms with E-state index in [0.29, 0.717) is 18.7 Å². The van der Waals surface area contributed by atoms with Crippen molar-refractivity contribution in [3.05, 3.63) is 48.0 Å². The van der Waals surface area contributed by atoms with Crippen LogP contribution in [0.3, 0.4) is 0 Å². The van der Waals surface area contributed by atoms with E-state index in [0.717, 1.165) is 11.1 Å². The summed E-state index contributed by atoms with van der Waals surface area (Å²) in [7, 11) is 0. The molecule has 0 spiro atoms. The predicted molar refractivity (Wildman–Crippen MR) is 68.1 cm³/mol. The van der Waals surface area contributed by atoms with E-state index in [1.165, 1.54) is 12.1 Å². The molecule has 5 heteroatoms. The van der Waals surface area contributed by atoms with Gasteiger partial charge in [-0.3, -0.25) is 4.79 Å². The van der Waals surface area contributed by atoms with E-state index in [1.54, 1.807) is 29.4 Å². The molecule has 1 aromatic carbocycles. The summed E-state index contributed by atoms with van der Waals surface area (Å²) in [6.07, 6.45) is 2.93. The second-order valence-corrected chi connectivity index (χ2v) is 4.65. The number of rotatable bonds is 2. The number of likely N-dealkylation sites (tertiary alicyclic amines) is 1. The van der Waals surface area contributed by atoms with Crippen LogP contribution in [0.15, 0.2) is 36.7 Å². The number of hydrogen-bond acceptors (Lipinski definition) is 2. The SMILES string of the molecule is O=C(c1c[nH]cc1-c1ccc(F)cc1)N1CC(O)C1. The van der Waals surface area contributed by atoms with Crippen molar-refractivity contribution in [3.8, 4) is 11.1 Å². The number of β-amino-alcohol motifs (C(OH)–C–C–N with tert-alkyl or cyclic N) is 1. The normalized spacial score (nSPS) is 15.4. The van der Waals surface area contributed by atoms with E-state index in [2.05, 4.69) is 4.98 Å². The number of halogens is 1. The van der Waals surface area contributed by atoms with Gasteiger partial charge in [-0.15, -0.1) is 0 Å². The van der Waals surface area contributed by atoms with Gasteiger partial charge in [-0.2, -0.15) is 0 Å². The summed E-state index contributed by atoms with van der Waals surface area (Å²) in [5.74, 6) is -0.427. The Labute approximate surface area is 109 Å². The van der Waals surface area contributed by atoms with Gasteiger partial charge >= 0.3 is 0 Å². The third-order valence-electron chi connectivity index (χ3n) is 3.28. The molecule has 19 heavy (non-hydrogen) atoms. The standard InChI is InChI=1S/C14H13FN2O2/c15-10-3-1-9(2-4-10)12-5-16-6-13(12)14(19)17-7-11(18)8-17/h1-6,11,16,18H,7-8H2. The van der Waals surface area contributed by atoms with Crippen molar-refractivity contribution in [2.24, 2.45) is 0 Å². The number of aliphatic hydroxyl groups excluding tert-OH is 1. The van der Waals surface area contributed by atoms with Gasteiger partial charge in [0.2, 0.25) is 0 Å². The molecule has 0 aliphatic carbocycles. The minimum Gasteiger partial charge on any atom is -0.389 e. The number of benzene rings is 1. The van der Waals surface area contributed by atoms with Gasteiger partial charge in [-0.25, -0.2) is 4.39 Å². The minimum absolute atomic E-state index is 0.120. The first-order chi connectivity index (χ1) is 9.15. The number of amides is 1. The van der Waals surface area contributed by atoms with E-state index < -0.39 is 6.10 Å². The number of nitrogens with zero attached hydrogens (tertiary/aromatic N) is 1. The van der Waals surface area contributed by atoms with Crippen molar-refractivity contribution < 1.29 is 14.3 Å². The molecule has 1 aliphatic rings. The molecule has 1 aromatic heterocycles. The summed E-state index contributed by atoms with van der Waals surface area (Å²) < 4.78 is 12.9. The highest BCUT2D eigenvalue weighted by Gasteiger charge is 2.30. The summed E-state index contributed by atoms with van der Waals surface area (Å²) in [4.78, 5) is 16.7. The van der Waals surface area contributed by atoms with Gasteiger partial charge in [0.1, 0.15) is 5.82 Å². The molecule has 1 aliphatic heterocycles. The van der Waals surface area contributed by atoms with Crippen LogP contribution < -0.4 is 0 Å². The number of H-pyrrole nitrogens is 1. The number of carbonyl (C=O) groups is 1. The molecule has 1 fully saturated rings. The zero-order valence-electron chi connectivity index (χ0n) is 10.1. The first-order valence-electron chi connectivity index (χ1n) is 6.05. The average Bonchev–Trinajstić information content (AvgIpc) is 2.84. The lowest BCUT2D eigenvalue weighted by molar-refractivity contribution is 0.00595. The van der Waals surface area contributed by atoms with Crippen LogP contribution in [0, 0.1) is 5.82 Å². The Morgan fingerprint density at radius 3 is 2.58 bits per heavy atom. The van der Waals surface area contributed by atoms with Crippen LogP contribution in [-0.4, -0.2) is 40.1 Å². The fraction of sp³-hybridized carbons (Fsp3) is 0.214. The minimum atomic E-state index is -0.419. The van der Waals surface area contributed by atoms with Gasteiger partial charge in [-0.05, 0) is 17.7 Å². The fourth-order valence-corrected chi connectivity index (χ4v) is 2.20. The highest BCUT2D eigenvalue weighted by molar-refractivity contribution is 6.01. The van der Waals surface area contributed by atoms with Crippen LogP contribution in [-0.2, 0) is 0 Å². The van der Waals surface area contributed by atoms with Crippen LogP contribution in [0.2, 0.25) is 0 Å². The van der Waals surface area contributed by atoms with Crippen LogP contribution in [0.1, 0.15) is 10.4 Å². The Kier molecular flexibility index (Phi) is 2.83. The van der Waals surface area contributed by atoms with Gasteiger partial charge < -0.3 is 15.0 Å². The number of hydrogen-bond donors (Lipinski definition) is 2. The van der Waals surface area contributed by atoms with Crippen molar-refractivity contribution >= 4 is 5.91 Å². The molecule has 0 saturated carbocycles. The van der Waals surface area contributed by atoms with Gasteiger partial charge in [0.15, 0.2) is 0 Å². The lowest BCUT2D eigenvalue weighted by Crippen LogP contribution is -2.53. The molecule has 2 aromatic rings. The summed E-state index contributed by atoms with van der Waals surface area (Å²) >= 11 is 0. The Bertz CT molecular complexity index is 600. The Balaban J connectivity index is 1.90. The predicted octanol–water partition coefficient (Wildman–Crippen LogP) is 1.64. The molecule has 0 atom stereocenters. The first-order valence-corrected chi connectivity index (χ1v) is 6.05. The summed E-state index contributed by atoms with van der Waals surface area (Å²) in [6.45, 7) is 0.736. The van der Waals surface area contributed by atoms with E-state index in [-0.39, 0.29) is 11.7 Å². The molecule has 2 heterocycles. The second kappa shape index (κ2) is 4.51. The van der Waals surface area contributed by atoms with Gasteiger partial charge in [0.05, 0.1) is 11.7 Å². The number of nitrogens with one attached hydrogen (secondary N) is 1. The maximum Gasteiger partial charge on any atom is 0.256 e. The highest BCUT2D eigenvalue weighted by Crippen LogP contribution is 2.26. The zero-order chi connectivity index (χ0) is 13.4. The van der Waals surface area contributed by atoms with Gasteiger partial charge in [-0.1, -0.05) is 12.1 Å². The van der Waals surface area contributed by atoms with Gasteiger partial charge in [0, 0.05) is 31.0 Å². The van der Waals surface area contributed by atoms with Crippen molar-refractivity contribution in [1.29, 1.82) is 0 Å². The smallest absolute Gasteiger partial charge is 0.256 e. The Morgan fingerprint density at radius 2 is 1.95 bits per heavy atom. The number of aromatic amines is 1. The topological polar surface area (TPSA) is 56.3 Å². The molecule has 0 radical (unpaired) electrons. The van der Waals surface area contributed by atoms with Crippen LogP contribution in [0.25, 0.3) is 11.1 Å². The summed E-state index contributed by atoms with van der Waals surface area (Å²) in [5, 5.41) is 9.24. The molecular formula is C14H13FN2O2. The number of aromatic nitrogens is 1. The molecule has 0 unspecified atom stereocenters. The van der Waals surface area contributed by atoms with Crippen molar-refractivity contribution in [2.45, 2.75) is 6.10 Å². The van der Waals surface area contributed by atoms with Gasteiger partial charge in [0.25, 0.3) is 5.91 Å². The Hall–Kier alpha value is -2.14. The molecule has 98 valence electrons. The lowest BCUT2D eigenvalue weighted by atomic mass is 10.0. The molecule has 4 nitrogen and oxygen atoms in total. The first kappa shape index (κ1) is 11.9. The van der Waals surface area contributed by atoms with Crippen molar-refractivity contribution in [1.82, 2.24) is 9.88 Å². The highest BCUT2D eigenvalue weighted by atomic mass is 19.1. The number of carbonyl (C=O) groups excluding carboxylic acids is 1. The average molecular weight is 260 g/mol. The van der Waals surface area contributed by atoms with Crippen molar-refractivity contribution in [3.63, 3.8) is 0 Å². The van der Waals surface area contributed by atoms with Crippen LogP contribution in [0.4, 0.5) is 4.39 Å². The largest absolute Gasteiger partial charge is 0.389 e. The van der Waals surface area contributed by atoms with Crippen LogP contribution >= 0.6 is 0 Å². The molecule has 1 amide bonds. The third kappa shape index (κ3) is 2.13. The van der Waals surface area contributed by atoms with E-state index in [1.807, 2.05) is 0 Å². The molecule has 0 bridgehead atoms. The molecule has 1 saturated heterocycles. The van der Waals surface area contributed by atoms with E-state index in [4.69, 9.17) is 0 Å². The zero-order valence-corrected chi connectivity index (χ0v) is 10.1. The van der Waals surface area contributed by atoms with Crippen molar-refractivity contribution in [2.75, 3.05) is 13.1 Å². The Morgan fingerprint density at radius 1 is 1.26 bits per heavy atom. The number of aliphatic hydroxyl groups is 1. The van der Waals surface area contributed by atoms with E-state index >= 15 is 0 Å². The van der Waals surface area contributed by atoms with E-state index in [9.17, 15) is 14.3 Å². The molecule has 3 rings (SSSR count). The summed E-state index contributed by atoms with van der Waals surface area (Å²) in [5.41, 5.74) is 2.07. The maximum absolute atomic E-state index is 12.9. The summed E-state index contributed by atoms with van der Waals surface area (Å²) in [6, 6.07) is 6.01. The molecular weight excluding hydrogens is 247 g/mol. The quantitative estimate of drug-likeness (QED) is 0.862. The lowest BCUT2D eigenvalue weighted by Gasteiger charge is -2.35. The second-order valence-electron chi connectivity index (χ2n) is 4.65.